The maximum Gasteiger partial charge on any atom is 0.340 e. The lowest BCUT2D eigenvalue weighted by atomic mass is 10.1. The molecule has 3 N–H and O–H groups in total. The van der Waals surface area contributed by atoms with E-state index in [1.54, 1.807) is 44.3 Å². The number of phenolic OH excluding ortho intramolecular Hbond substituents is 1. The van der Waals surface area contributed by atoms with Gasteiger partial charge in [0.15, 0.2) is 5.75 Å². The van der Waals surface area contributed by atoms with Crippen LogP contribution < -0.4 is 15.4 Å². The maximum atomic E-state index is 12.7. The quantitative estimate of drug-likeness (QED) is 0.138. The van der Waals surface area contributed by atoms with E-state index in [0.717, 1.165) is 5.69 Å². The summed E-state index contributed by atoms with van der Waals surface area (Å²) in [6.07, 6.45) is 2.52. The van der Waals surface area contributed by atoms with Crippen molar-refractivity contribution < 1.29 is 28.3 Å². The normalized spacial score (nSPS) is 11.4. The number of ether oxygens (including phenoxy) is 1. The number of anilines is 3. The van der Waals surface area contributed by atoms with Crippen LogP contribution in [0.1, 0.15) is 19.5 Å². The van der Waals surface area contributed by atoms with Crippen LogP contribution in [0.3, 0.4) is 0 Å². The second-order valence-electron chi connectivity index (χ2n) is 8.11. The highest BCUT2D eigenvalue weighted by Gasteiger charge is 2.28. The van der Waals surface area contributed by atoms with Gasteiger partial charge >= 0.3 is 7.60 Å². The Bertz CT molecular complexity index is 1500. The van der Waals surface area contributed by atoms with Gasteiger partial charge in [-0.3, -0.25) is 14.3 Å². The molecule has 0 aliphatic heterocycles. The molecule has 0 bridgehead atoms. The van der Waals surface area contributed by atoms with Crippen molar-refractivity contribution in [2.24, 2.45) is 0 Å². The second kappa shape index (κ2) is 12.9. The van der Waals surface area contributed by atoms with Crippen molar-refractivity contribution in [3.05, 3.63) is 71.8 Å². The third kappa shape index (κ3) is 7.21. The van der Waals surface area contributed by atoms with Crippen LogP contribution in [0, 0.1) is 0 Å². The lowest BCUT2D eigenvalue weighted by molar-refractivity contribution is -0.114. The van der Waals surface area contributed by atoms with Gasteiger partial charge in [-0.2, -0.15) is 0 Å². The van der Waals surface area contributed by atoms with Crippen LogP contribution in [0.5, 0.6) is 11.5 Å². The fraction of sp³-hybridized carbons (Fsp3) is 0.231. The van der Waals surface area contributed by atoms with Gasteiger partial charge in [-0.25, -0.2) is 9.97 Å². The SMILES string of the molecule is CCOP(=O)(CC(=O)Nc1ccc2ncnc(Nc3ccc(OCc4ccccn4)c(Cl)c3)c2c1O)OCC. The van der Waals surface area contributed by atoms with E-state index in [0.29, 0.717) is 22.0 Å². The van der Waals surface area contributed by atoms with Gasteiger partial charge in [0.25, 0.3) is 0 Å². The number of nitrogens with one attached hydrogen (secondary N) is 2. The molecular formula is C26H27ClN5O6P. The summed E-state index contributed by atoms with van der Waals surface area (Å²) in [6.45, 7) is 3.82. The first kappa shape index (κ1) is 28.3. The van der Waals surface area contributed by atoms with E-state index in [2.05, 4.69) is 25.6 Å². The van der Waals surface area contributed by atoms with Crippen molar-refractivity contribution >= 4 is 53.2 Å². The zero-order valence-electron chi connectivity index (χ0n) is 21.3. The Balaban J connectivity index is 1.53. The van der Waals surface area contributed by atoms with Crippen molar-refractivity contribution in [1.29, 1.82) is 0 Å². The highest BCUT2D eigenvalue weighted by Crippen LogP contribution is 2.48. The zero-order valence-corrected chi connectivity index (χ0v) is 22.9. The molecule has 11 nitrogen and oxygen atoms in total. The van der Waals surface area contributed by atoms with Crippen LogP contribution in [-0.4, -0.2) is 45.3 Å². The Morgan fingerprint density at radius 1 is 1.05 bits per heavy atom. The molecule has 0 unspecified atom stereocenters. The number of nitrogens with zero attached hydrogens (tertiary/aromatic N) is 3. The van der Waals surface area contributed by atoms with Crippen molar-refractivity contribution in [3.63, 3.8) is 0 Å². The molecule has 4 rings (SSSR count). The fourth-order valence-corrected chi connectivity index (χ4v) is 5.40. The number of hydrogen-bond acceptors (Lipinski definition) is 10. The number of hydrogen-bond donors (Lipinski definition) is 3. The first-order valence-corrected chi connectivity index (χ1v) is 14.2. The molecule has 2 aromatic heterocycles. The van der Waals surface area contributed by atoms with Crippen LogP contribution in [-0.2, 0) is 25.0 Å². The van der Waals surface area contributed by atoms with Crippen molar-refractivity contribution in [1.82, 2.24) is 15.0 Å². The Kier molecular flexibility index (Phi) is 9.32. The first-order chi connectivity index (χ1) is 18.8. The van der Waals surface area contributed by atoms with E-state index in [4.69, 9.17) is 25.4 Å². The van der Waals surface area contributed by atoms with Crippen LogP contribution in [0.25, 0.3) is 10.9 Å². The number of benzene rings is 2. The summed E-state index contributed by atoms with van der Waals surface area (Å²) in [5.74, 6) is -0.159. The largest absolute Gasteiger partial charge is 0.505 e. The summed E-state index contributed by atoms with van der Waals surface area (Å²) in [6, 6.07) is 13.8. The number of halogens is 1. The van der Waals surface area contributed by atoms with E-state index in [1.165, 1.54) is 12.4 Å². The molecule has 204 valence electrons. The molecule has 0 saturated heterocycles. The number of rotatable bonds is 12. The first-order valence-electron chi connectivity index (χ1n) is 12.1. The standard InChI is InChI=1S/C26H27ClN5O6P/c1-3-37-39(35,38-4-2)15-23(33)32-21-10-9-20-24(25(21)34)26(30-16-29-20)31-17-8-11-22(19(27)13-17)36-14-18-7-5-6-12-28-18/h5-13,16,34H,3-4,14-15H2,1-2H3,(H,32,33)(H,29,30,31). The molecule has 1 amide bonds. The third-order valence-electron chi connectivity index (χ3n) is 5.34. The molecule has 4 aromatic rings. The highest BCUT2D eigenvalue weighted by molar-refractivity contribution is 7.54. The number of fused-ring (bicyclic) bond motifs is 1. The summed E-state index contributed by atoms with van der Waals surface area (Å²) >= 11 is 6.43. The van der Waals surface area contributed by atoms with Gasteiger partial charge in [-0.05, 0) is 56.3 Å². The van der Waals surface area contributed by atoms with Crippen LogP contribution in [0.2, 0.25) is 5.02 Å². The number of carbonyl (C=O) groups excluding carboxylic acids is 1. The molecule has 0 fully saturated rings. The van der Waals surface area contributed by atoms with Crippen LogP contribution in [0.15, 0.2) is 61.1 Å². The van der Waals surface area contributed by atoms with E-state index in [-0.39, 0.29) is 42.5 Å². The highest BCUT2D eigenvalue weighted by atomic mass is 35.5. The molecule has 13 heteroatoms. The lowest BCUT2D eigenvalue weighted by Crippen LogP contribution is -2.18. The predicted molar refractivity (Wildman–Crippen MR) is 149 cm³/mol. The van der Waals surface area contributed by atoms with Gasteiger partial charge in [0.05, 0.1) is 40.5 Å². The molecule has 2 heterocycles. The van der Waals surface area contributed by atoms with Crippen molar-refractivity contribution in [2.45, 2.75) is 20.5 Å². The van der Waals surface area contributed by atoms with E-state index in [1.807, 2.05) is 18.2 Å². The number of carbonyl (C=O) groups is 1. The zero-order chi connectivity index (χ0) is 27.8. The second-order valence-corrected chi connectivity index (χ2v) is 10.6. The van der Waals surface area contributed by atoms with E-state index < -0.39 is 19.7 Å². The molecule has 0 radical (unpaired) electrons. The third-order valence-corrected chi connectivity index (χ3v) is 7.61. The number of aromatic hydroxyl groups is 1. The van der Waals surface area contributed by atoms with E-state index in [9.17, 15) is 14.5 Å². The average Bonchev–Trinajstić information content (AvgIpc) is 2.90. The molecule has 0 spiro atoms. The van der Waals surface area contributed by atoms with Gasteiger partial charge in [-0.1, -0.05) is 17.7 Å². The van der Waals surface area contributed by atoms with Gasteiger partial charge in [0.2, 0.25) is 5.91 Å². The van der Waals surface area contributed by atoms with Crippen LogP contribution in [0.4, 0.5) is 17.2 Å². The number of phenols is 1. The fourth-order valence-electron chi connectivity index (χ4n) is 3.69. The molecular weight excluding hydrogens is 545 g/mol. The van der Waals surface area contributed by atoms with Gasteiger partial charge in [-0.15, -0.1) is 0 Å². The molecule has 0 aliphatic carbocycles. The van der Waals surface area contributed by atoms with Crippen molar-refractivity contribution in [3.8, 4) is 11.5 Å². The lowest BCUT2D eigenvalue weighted by Gasteiger charge is -2.17. The van der Waals surface area contributed by atoms with Gasteiger partial charge < -0.3 is 29.5 Å². The summed E-state index contributed by atoms with van der Waals surface area (Å²) in [7, 11) is -3.62. The molecule has 0 aliphatic rings. The van der Waals surface area contributed by atoms with Crippen molar-refractivity contribution in [2.75, 3.05) is 30.0 Å². The minimum absolute atomic E-state index is 0.0844. The molecule has 0 atom stereocenters. The molecule has 2 aromatic carbocycles. The summed E-state index contributed by atoms with van der Waals surface area (Å²) in [4.78, 5) is 25.3. The minimum Gasteiger partial charge on any atom is -0.505 e. The smallest absolute Gasteiger partial charge is 0.340 e. The topological polar surface area (TPSA) is 145 Å². The van der Waals surface area contributed by atoms with Gasteiger partial charge in [0, 0.05) is 11.9 Å². The molecule has 0 saturated carbocycles. The summed E-state index contributed by atoms with van der Waals surface area (Å²) in [5.41, 5.74) is 1.86. The predicted octanol–water partition coefficient (Wildman–Crippen LogP) is 5.91. The Morgan fingerprint density at radius 3 is 2.54 bits per heavy atom. The Hall–Kier alpha value is -3.76. The monoisotopic (exact) mass is 571 g/mol. The number of amides is 1. The van der Waals surface area contributed by atoms with E-state index >= 15 is 0 Å². The average molecular weight is 572 g/mol. The Labute approximate surface area is 230 Å². The molecule has 39 heavy (non-hydrogen) atoms. The summed E-state index contributed by atoms with van der Waals surface area (Å²) < 4.78 is 28.8. The number of aromatic nitrogens is 3. The Morgan fingerprint density at radius 2 is 1.85 bits per heavy atom. The minimum atomic E-state index is -3.62. The summed E-state index contributed by atoms with van der Waals surface area (Å²) in [5, 5.41) is 17.3. The van der Waals surface area contributed by atoms with Gasteiger partial charge in [0.1, 0.15) is 30.7 Å². The van der Waals surface area contributed by atoms with Crippen LogP contribution >= 0.6 is 19.2 Å². The number of pyridine rings is 1. The maximum absolute atomic E-state index is 12.7.